The molecule has 0 radical (unpaired) electrons. The number of allylic oxidation sites excluding steroid dienone is 2. The molecule has 0 spiro atoms. The smallest absolute Gasteiger partial charge is 0.333 e. The number of carbonyl (C=O) groups is 2. The first-order valence-corrected chi connectivity index (χ1v) is 7.18. The van der Waals surface area contributed by atoms with E-state index in [-0.39, 0.29) is 23.8 Å². The zero-order chi connectivity index (χ0) is 15.8. The minimum absolute atomic E-state index is 0.0483. The fourth-order valence-electron chi connectivity index (χ4n) is 2.73. The maximum absolute atomic E-state index is 11.6. The average Bonchev–Trinajstić information content (AvgIpc) is 2.98. The number of ether oxygens (including phenoxy) is 2. The predicted octanol–water partition coefficient (Wildman–Crippen LogP) is 2.00. The van der Waals surface area contributed by atoms with E-state index < -0.39 is 6.10 Å². The lowest BCUT2D eigenvalue weighted by atomic mass is 9.89. The highest BCUT2D eigenvalue weighted by Crippen LogP contribution is 2.36. The molecule has 1 rings (SSSR count). The van der Waals surface area contributed by atoms with Crippen molar-refractivity contribution in [1.82, 2.24) is 0 Å². The molecule has 0 unspecified atom stereocenters. The van der Waals surface area contributed by atoms with Gasteiger partial charge in [0.1, 0.15) is 0 Å². The first-order valence-electron chi connectivity index (χ1n) is 7.18. The van der Waals surface area contributed by atoms with Crippen LogP contribution in [0.4, 0.5) is 0 Å². The molecule has 0 heterocycles. The van der Waals surface area contributed by atoms with Crippen molar-refractivity contribution >= 4 is 11.9 Å². The first-order chi connectivity index (χ1) is 10.0. The van der Waals surface area contributed by atoms with Crippen LogP contribution < -0.4 is 0 Å². The van der Waals surface area contributed by atoms with Crippen LogP contribution in [0, 0.1) is 11.8 Å². The molecule has 5 nitrogen and oxygen atoms in total. The molecule has 0 aliphatic heterocycles. The molecule has 0 aromatic heterocycles. The number of methoxy groups -OCH3 is 2. The number of hydrogen-bond donors (Lipinski definition) is 1. The maximum Gasteiger partial charge on any atom is 0.333 e. The van der Waals surface area contributed by atoms with Gasteiger partial charge in [-0.2, -0.15) is 0 Å². The van der Waals surface area contributed by atoms with Crippen LogP contribution in [0.15, 0.2) is 23.8 Å². The lowest BCUT2D eigenvalue weighted by Gasteiger charge is -2.22. The van der Waals surface area contributed by atoms with E-state index in [2.05, 4.69) is 4.74 Å². The van der Waals surface area contributed by atoms with Crippen LogP contribution >= 0.6 is 0 Å². The van der Waals surface area contributed by atoms with E-state index in [0.717, 1.165) is 19.3 Å². The Morgan fingerprint density at radius 1 is 1.29 bits per heavy atom. The number of rotatable bonds is 6. The summed E-state index contributed by atoms with van der Waals surface area (Å²) in [5.41, 5.74) is 0.497. The van der Waals surface area contributed by atoms with Crippen molar-refractivity contribution in [2.75, 3.05) is 14.2 Å². The summed E-state index contributed by atoms with van der Waals surface area (Å²) in [6, 6.07) is 0. The van der Waals surface area contributed by atoms with Crippen LogP contribution in [0.2, 0.25) is 0 Å². The molecule has 0 saturated heterocycles. The molecule has 118 valence electrons. The molecule has 0 amide bonds. The van der Waals surface area contributed by atoms with Gasteiger partial charge in [-0.1, -0.05) is 24.6 Å². The molecule has 1 aliphatic carbocycles. The van der Waals surface area contributed by atoms with Crippen molar-refractivity contribution in [1.29, 1.82) is 0 Å². The maximum atomic E-state index is 11.6. The summed E-state index contributed by atoms with van der Waals surface area (Å²) in [5.74, 6) is -0.859. The highest BCUT2D eigenvalue weighted by molar-refractivity contribution is 5.87. The van der Waals surface area contributed by atoms with E-state index in [9.17, 15) is 14.7 Å². The van der Waals surface area contributed by atoms with Gasteiger partial charge in [0.25, 0.3) is 0 Å². The topological polar surface area (TPSA) is 72.8 Å². The van der Waals surface area contributed by atoms with Gasteiger partial charge in [-0.3, -0.25) is 4.79 Å². The Hall–Kier alpha value is -1.62. The van der Waals surface area contributed by atoms with E-state index in [4.69, 9.17) is 4.74 Å². The second-order valence-electron chi connectivity index (χ2n) is 5.30. The number of esters is 2. The van der Waals surface area contributed by atoms with Gasteiger partial charge >= 0.3 is 11.9 Å². The Balaban J connectivity index is 2.51. The number of hydrogen-bond acceptors (Lipinski definition) is 5. The molecule has 0 bridgehead atoms. The summed E-state index contributed by atoms with van der Waals surface area (Å²) in [4.78, 5) is 22.8. The normalized spacial score (nSPS) is 24.1. The number of aliphatic hydroxyl groups is 1. The summed E-state index contributed by atoms with van der Waals surface area (Å²) in [7, 11) is 2.71. The molecule has 0 aromatic rings. The summed E-state index contributed by atoms with van der Waals surface area (Å²) < 4.78 is 9.36. The van der Waals surface area contributed by atoms with Crippen LogP contribution in [-0.2, 0) is 19.1 Å². The van der Waals surface area contributed by atoms with Crippen molar-refractivity contribution in [3.05, 3.63) is 23.8 Å². The molecule has 3 atom stereocenters. The molecule has 1 aliphatic rings. The SMILES string of the molecule is COC(=O)/C(C)=C/C=C/C[C@@H](O)[C@@H]1CCC[C@@H]1C(=O)OC. The Bertz CT molecular complexity index is 424. The van der Waals surface area contributed by atoms with Gasteiger partial charge < -0.3 is 14.6 Å². The fraction of sp³-hybridized carbons (Fsp3) is 0.625. The summed E-state index contributed by atoms with van der Waals surface area (Å²) in [5, 5.41) is 10.2. The Morgan fingerprint density at radius 2 is 2.00 bits per heavy atom. The van der Waals surface area contributed by atoms with Crippen LogP contribution in [0.1, 0.15) is 32.6 Å². The van der Waals surface area contributed by atoms with Crippen LogP contribution in [0.5, 0.6) is 0 Å². The third-order valence-electron chi connectivity index (χ3n) is 3.93. The standard InChI is InChI=1S/C16H24O5/c1-11(15(18)20-2)7-4-5-10-14(17)12-8-6-9-13(12)16(19)21-3/h4-5,7,12-14,17H,6,8-10H2,1-3H3/b5-4+,11-7+/t12-,13+,14-/m1/s1. The Morgan fingerprint density at radius 3 is 2.62 bits per heavy atom. The lowest BCUT2D eigenvalue weighted by Crippen LogP contribution is -2.29. The first kappa shape index (κ1) is 17.4. The van der Waals surface area contributed by atoms with Crippen LogP contribution in [-0.4, -0.2) is 37.4 Å². The molecule has 0 aromatic carbocycles. The molecule has 1 saturated carbocycles. The van der Waals surface area contributed by atoms with Gasteiger partial charge in [-0.25, -0.2) is 4.79 Å². The quantitative estimate of drug-likeness (QED) is 0.461. The third kappa shape index (κ3) is 5.01. The largest absolute Gasteiger partial charge is 0.469 e. The highest BCUT2D eigenvalue weighted by Gasteiger charge is 2.37. The van der Waals surface area contributed by atoms with Crippen molar-refractivity contribution in [3.63, 3.8) is 0 Å². The molecule has 1 fully saturated rings. The van der Waals surface area contributed by atoms with Gasteiger partial charge in [0.05, 0.1) is 26.2 Å². The second kappa shape index (κ2) is 8.62. The Labute approximate surface area is 125 Å². The molecule has 1 N–H and O–H groups in total. The molecule has 5 heteroatoms. The van der Waals surface area contributed by atoms with Gasteiger partial charge in [-0.05, 0) is 32.1 Å². The van der Waals surface area contributed by atoms with Crippen LogP contribution in [0.25, 0.3) is 0 Å². The summed E-state index contributed by atoms with van der Waals surface area (Å²) in [6.45, 7) is 1.66. The minimum atomic E-state index is -0.570. The monoisotopic (exact) mass is 296 g/mol. The second-order valence-corrected chi connectivity index (χ2v) is 5.30. The number of carbonyl (C=O) groups excluding carboxylic acids is 2. The van der Waals surface area contributed by atoms with E-state index in [1.54, 1.807) is 25.2 Å². The molecular formula is C16H24O5. The van der Waals surface area contributed by atoms with Gasteiger partial charge in [0.2, 0.25) is 0 Å². The summed E-state index contributed by atoms with van der Waals surface area (Å²) in [6.07, 6.45) is 7.59. The van der Waals surface area contributed by atoms with Gasteiger partial charge in [0.15, 0.2) is 0 Å². The third-order valence-corrected chi connectivity index (χ3v) is 3.93. The average molecular weight is 296 g/mol. The van der Waals surface area contributed by atoms with Crippen molar-refractivity contribution in [2.24, 2.45) is 11.8 Å². The van der Waals surface area contributed by atoms with Crippen LogP contribution in [0.3, 0.4) is 0 Å². The van der Waals surface area contributed by atoms with E-state index in [0.29, 0.717) is 12.0 Å². The van der Waals surface area contributed by atoms with E-state index in [1.807, 2.05) is 0 Å². The fourth-order valence-corrected chi connectivity index (χ4v) is 2.73. The predicted molar refractivity (Wildman–Crippen MR) is 78.4 cm³/mol. The van der Waals surface area contributed by atoms with E-state index in [1.165, 1.54) is 14.2 Å². The summed E-state index contributed by atoms with van der Waals surface area (Å²) >= 11 is 0. The Kier molecular flexibility index (Phi) is 7.15. The zero-order valence-corrected chi connectivity index (χ0v) is 12.9. The number of aliphatic hydroxyl groups excluding tert-OH is 1. The van der Waals surface area contributed by atoms with Gasteiger partial charge in [0, 0.05) is 5.57 Å². The minimum Gasteiger partial charge on any atom is -0.469 e. The van der Waals surface area contributed by atoms with Crippen molar-refractivity contribution in [2.45, 2.75) is 38.7 Å². The molecule has 21 heavy (non-hydrogen) atoms. The molecular weight excluding hydrogens is 272 g/mol. The lowest BCUT2D eigenvalue weighted by molar-refractivity contribution is -0.148. The van der Waals surface area contributed by atoms with E-state index >= 15 is 0 Å². The highest BCUT2D eigenvalue weighted by atomic mass is 16.5. The zero-order valence-electron chi connectivity index (χ0n) is 12.9. The van der Waals surface area contributed by atoms with Crippen molar-refractivity contribution < 1.29 is 24.2 Å². The van der Waals surface area contributed by atoms with Gasteiger partial charge in [-0.15, -0.1) is 0 Å². The van der Waals surface area contributed by atoms with Crippen molar-refractivity contribution in [3.8, 4) is 0 Å².